The zero-order chi connectivity index (χ0) is 5.86. The molecule has 0 heterocycles. The maximum Gasteiger partial charge on any atom is 0.294 e. The van der Waals surface area contributed by atoms with Gasteiger partial charge in [0.2, 0.25) is 0 Å². The van der Waals surface area contributed by atoms with E-state index in [0.29, 0.717) is 0 Å². The van der Waals surface area contributed by atoms with Crippen LogP contribution in [0.4, 0.5) is 8.78 Å². The lowest BCUT2D eigenvalue weighted by Crippen LogP contribution is -1.95. The van der Waals surface area contributed by atoms with Crippen molar-refractivity contribution >= 4 is 0 Å². The molecule has 0 radical (unpaired) electrons. The Morgan fingerprint density at radius 2 is 2.14 bits per heavy atom. The smallest absolute Gasteiger partial charge is 0.294 e. The van der Waals surface area contributed by atoms with E-state index in [9.17, 15) is 8.78 Å². The van der Waals surface area contributed by atoms with E-state index in [1.54, 1.807) is 0 Å². The Bertz CT molecular complexity index is 70.1. The van der Waals surface area contributed by atoms with Gasteiger partial charge in [-0.05, 0) is 0 Å². The monoisotopic (exact) mass is 108 g/mol. The van der Waals surface area contributed by atoms with E-state index in [1.807, 2.05) is 0 Å². The fraction of sp³-hybridized carbons (Fsp3) is 0.500. The van der Waals surface area contributed by atoms with Crippen molar-refractivity contribution in [1.29, 1.82) is 0 Å². The second-order valence-corrected chi connectivity index (χ2v) is 0.971. The summed E-state index contributed by atoms with van der Waals surface area (Å²) in [4.78, 5) is 0. The van der Waals surface area contributed by atoms with Gasteiger partial charge in [0.25, 0.3) is 6.43 Å². The van der Waals surface area contributed by atoms with Crippen LogP contribution >= 0.6 is 0 Å². The van der Waals surface area contributed by atoms with Crippen molar-refractivity contribution in [3.63, 3.8) is 0 Å². The van der Waals surface area contributed by atoms with Crippen molar-refractivity contribution in [3.8, 4) is 0 Å². The first-order valence-electron chi connectivity index (χ1n) is 1.69. The fourth-order valence-electron chi connectivity index (χ4n) is 0.0891. The highest BCUT2D eigenvalue weighted by Crippen LogP contribution is 2.03. The average molecular weight is 108 g/mol. The minimum Gasteiger partial charge on any atom is -0.496 e. The van der Waals surface area contributed by atoms with Gasteiger partial charge >= 0.3 is 0 Å². The van der Waals surface area contributed by atoms with Crippen LogP contribution in [0.3, 0.4) is 0 Å². The van der Waals surface area contributed by atoms with Crippen LogP contribution in [-0.4, -0.2) is 13.5 Å². The molecule has 42 valence electrons. The topological polar surface area (TPSA) is 9.23 Å². The molecule has 0 saturated carbocycles. The molecule has 0 atom stereocenters. The van der Waals surface area contributed by atoms with Crippen molar-refractivity contribution in [1.82, 2.24) is 0 Å². The van der Waals surface area contributed by atoms with E-state index in [-0.39, 0.29) is 0 Å². The highest BCUT2D eigenvalue weighted by Gasteiger charge is 2.05. The van der Waals surface area contributed by atoms with E-state index in [2.05, 4.69) is 11.3 Å². The molecule has 0 fully saturated rings. The number of halogens is 2. The van der Waals surface area contributed by atoms with Crippen LogP contribution in [0, 0.1) is 0 Å². The van der Waals surface area contributed by atoms with Crippen molar-refractivity contribution in [2.45, 2.75) is 6.43 Å². The van der Waals surface area contributed by atoms with E-state index < -0.39 is 12.2 Å². The summed E-state index contributed by atoms with van der Waals surface area (Å²) >= 11 is 0. The lowest BCUT2D eigenvalue weighted by molar-refractivity contribution is 0.107. The molecule has 0 rings (SSSR count). The number of methoxy groups -OCH3 is 1. The molecule has 0 bridgehead atoms. The summed E-state index contributed by atoms with van der Waals surface area (Å²) < 4.78 is 26.5. The molecule has 0 aromatic carbocycles. The highest BCUT2D eigenvalue weighted by molar-refractivity contribution is 4.84. The number of allylic oxidation sites excluding steroid dienone is 1. The molecule has 0 saturated heterocycles. The van der Waals surface area contributed by atoms with E-state index in [0.717, 1.165) is 7.11 Å². The normalized spacial score (nSPS) is 9.14. The Morgan fingerprint density at radius 1 is 1.71 bits per heavy atom. The number of hydrogen-bond donors (Lipinski definition) is 0. The van der Waals surface area contributed by atoms with Crippen LogP contribution in [-0.2, 0) is 4.74 Å². The summed E-state index contributed by atoms with van der Waals surface area (Å²) in [7, 11) is 1.16. The van der Waals surface area contributed by atoms with Gasteiger partial charge in [-0.2, -0.15) is 0 Å². The number of hydrogen-bond acceptors (Lipinski definition) is 1. The second-order valence-electron chi connectivity index (χ2n) is 0.971. The zero-order valence-electron chi connectivity index (χ0n) is 3.95. The van der Waals surface area contributed by atoms with Crippen LogP contribution in [0.2, 0.25) is 0 Å². The largest absolute Gasteiger partial charge is 0.496 e. The van der Waals surface area contributed by atoms with Crippen LogP contribution < -0.4 is 0 Å². The molecule has 0 aliphatic heterocycles. The van der Waals surface area contributed by atoms with Crippen molar-refractivity contribution in [3.05, 3.63) is 12.3 Å². The van der Waals surface area contributed by atoms with Crippen LogP contribution in [0.1, 0.15) is 0 Å². The lowest BCUT2D eigenvalue weighted by Gasteiger charge is -1.98. The third-order valence-electron chi connectivity index (χ3n) is 0.506. The first-order chi connectivity index (χ1) is 3.18. The molecular formula is C4H6F2O. The van der Waals surface area contributed by atoms with Gasteiger partial charge in [0.05, 0.1) is 7.11 Å². The summed E-state index contributed by atoms with van der Waals surface area (Å²) in [5.41, 5.74) is 0. The quantitative estimate of drug-likeness (QED) is 0.486. The number of ether oxygens (including phenoxy) is 1. The summed E-state index contributed by atoms with van der Waals surface area (Å²) in [5, 5.41) is 0. The predicted molar refractivity (Wildman–Crippen MR) is 22.2 cm³/mol. The molecule has 7 heavy (non-hydrogen) atoms. The molecule has 0 aromatic heterocycles. The van der Waals surface area contributed by atoms with Gasteiger partial charge in [-0.15, -0.1) is 0 Å². The molecule has 0 N–H and O–H groups in total. The average Bonchev–Trinajstić information content (AvgIpc) is 1.65. The van der Waals surface area contributed by atoms with Gasteiger partial charge in [-0.3, -0.25) is 0 Å². The Balaban J connectivity index is 3.35. The minimum absolute atomic E-state index is 0.486. The molecule has 0 spiro atoms. The van der Waals surface area contributed by atoms with Crippen LogP contribution in [0.5, 0.6) is 0 Å². The SMILES string of the molecule is C=C(OC)C(F)F. The van der Waals surface area contributed by atoms with Crippen LogP contribution in [0.25, 0.3) is 0 Å². The van der Waals surface area contributed by atoms with E-state index in [4.69, 9.17) is 0 Å². The molecule has 0 amide bonds. The van der Waals surface area contributed by atoms with Gasteiger partial charge in [0.15, 0.2) is 5.76 Å². The first kappa shape index (κ1) is 6.40. The molecule has 0 unspecified atom stereocenters. The maximum absolute atomic E-state index is 11.2. The van der Waals surface area contributed by atoms with Gasteiger partial charge in [-0.1, -0.05) is 6.58 Å². The Labute approximate surface area is 40.6 Å². The van der Waals surface area contributed by atoms with Gasteiger partial charge in [0, 0.05) is 0 Å². The summed E-state index contributed by atoms with van der Waals surface area (Å²) in [6.07, 6.45) is -2.55. The Hall–Kier alpha value is -0.600. The lowest BCUT2D eigenvalue weighted by atomic mass is 10.6. The Morgan fingerprint density at radius 3 is 2.14 bits per heavy atom. The molecule has 0 aromatic rings. The molecule has 3 heteroatoms. The molecule has 0 aliphatic rings. The summed E-state index contributed by atoms with van der Waals surface area (Å²) in [5.74, 6) is -0.486. The van der Waals surface area contributed by atoms with Gasteiger partial charge in [-0.25, -0.2) is 8.78 Å². The maximum atomic E-state index is 11.2. The number of rotatable bonds is 2. The van der Waals surface area contributed by atoms with Crippen molar-refractivity contribution in [2.75, 3.05) is 7.11 Å². The summed E-state index contributed by atoms with van der Waals surface area (Å²) in [6, 6.07) is 0. The van der Waals surface area contributed by atoms with Gasteiger partial charge in [0.1, 0.15) is 0 Å². The van der Waals surface area contributed by atoms with Gasteiger partial charge < -0.3 is 4.74 Å². The number of alkyl halides is 2. The Kier molecular flexibility index (Phi) is 2.33. The predicted octanol–water partition coefficient (Wildman–Crippen LogP) is 1.41. The second kappa shape index (κ2) is 2.55. The minimum atomic E-state index is -2.55. The zero-order valence-corrected chi connectivity index (χ0v) is 3.95. The van der Waals surface area contributed by atoms with Crippen molar-refractivity contribution < 1.29 is 13.5 Å². The van der Waals surface area contributed by atoms with E-state index in [1.165, 1.54) is 0 Å². The summed E-state index contributed by atoms with van der Waals surface area (Å²) in [6.45, 7) is 2.90. The van der Waals surface area contributed by atoms with Crippen molar-refractivity contribution in [2.24, 2.45) is 0 Å². The van der Waals surface area contributed by atoms with E-state index >= 15 is 0 Å². The third kappa shape index (κ3) is 2.14. The standard InChI is InChI=1S/C4H6F2O/c1-3(7-2)4(5)6/h4H,1H2,2H3. The van der Waals surface area contributed by atoms with Crippen LogP contribution in [0.15, 0.2) is 12.3 Å². The third-order valence-corrected chi connectivity index (χ3v) is 0.506. The molecule has 1 nitrogen and oxygen atoms in total. The fourth-order valence-corrected chi connectivity index (χ4v) is 0.0891. The molecule has 0 aliphatic carbocycles. The first-order valence-corrected chi connectivity index (χ1v) is 1.69. The highest BCUT2D eigenvalue weighted by atomic mass is 19.3. The molecular weight excluding hydrogens is 102 g/mol.